The highest BCUT2D eigenvalue weighted by Gasteiger charge is 2.38. The molecule has 0 aromatic carbocycles. The Morgan fingerprint density at radius 2 is 1.88 bits per heavy atom. The number of rotatable bonds is 12. The van der Waals surface area contributed by atoms with Crippen molar-refractivity contribution in [2.45, 2.75) is 77.2 Å². The van der Waals surface area contributed by atoms with Crippen LogP contribution in [0.5, 0.6) is 0 Å². The average Bonchev–Trinajstić information content (AvgIpc) is 2.80. The van der Waals surface area contributed by atoms with Crippen molar-refractivity contribution in [3.05, 3.63) is 24.3 Å². The molecular weight excluding hydrogens is 304 g/mol. The third kappa shape index (κ3) is 7.91. The first-order valence-electron chi connectivity index (χ1n) is 9.30. The van der Waals surface area contributed by atoms with E-state index in [1.807, 2.05) is 18.2 Å². The van der Waals surface area contributed by atoms with Gasteiger partial charge < -0.3 is 10.2 Å². The second-order valence-corrected chi connectivity index (χ2v) is 6.69. The molecule has 0 aliphatic heterocycles. The van der Waals surface area contributed by atoms with Crippen molar-refractivity contribution in [1.29, 1.82) is 0 Å². The molecule has 3 atom stereocenters. The van der Waals surface area contributed by atoms with Gasteiger partial charge in [0, 0.05) is 24.7 Å². The fourth-order valence-electron chi connectivity index (χ4n) is 3.20. The van der Waals surface area contributed by atoms with Crippen LogP contribution in [-0.2, 0) is 9.59 Å². The Labute approximate surface area is 145 Å². The minimum atomic E-state index is -0.776. The van der Waals surface area contributed by atoms with Crippen molar-refractivity contribution in [2.24, 2.45) is 11.8 Å². The number of ketones is 1. The van der Waals surface area contributed by atoms with E-state index in [4.69, 9.17) is 5.11 Å². The van der Waals surface area contributed by atoms with Crippen LogP contribution in [-0.4, -0.2) is 28.1 Å². The van der Waals surface area contributed by atoms with Crippen LogP contribution in [0.3, 0.4) is 0 Å². The molecule has 1 unspecified atom stereocenters. The third-order valence-corrected chi connectivity index (χ3v) is 4.63. The quantitative estimate of drug-likeness (QED) is 0.412. The summed E-state index contributed by atoms with van der Waals surface area (Å²) in [5, 5.41) is 18.7. The molecule has 2 N–H and O–H groups in total. The van der Waals surface area contributed by atoms with Gasteiger partial charge in [-0.2, -0.15) is 0 Å². The van der Waals surface area contributed by atoms with Crippen LogP contribution in [0.25, 0.3) is 0 Å². The monoisotopic (exact) mass is 336 g/mol. The lowest BCUT2D eigenvalue weighted by Gasteiger charge is -2.15. The molecule has 1 fully saturated rings. The molecule has 0 amide bonds. The first-order chi connectivity index (χ1) is 11.6. The Balaban J connectivity index is 2.39. The maximum Gasteiger partial charge on any atom is 0.303 e. The highest BCUT2D eigenvalue weighted by Crippen LogP contribution is 2.33. The van der Waals surface area contributed by atoms with Crippen molar-refractivity contribution in [3.63, 3.8) is 0 Å². The van der Waals surface area contributed by atoms with E-state index in [-0.39, 0.29) is 30.5 Å². The maximum atomic E-state index is 12.1. The smallest absolute Gasteiger partial charge is 0.303 e. The van der Waals surface area contributed by atoms with Crippen LogP contribution in [0, 0.1) is 11.8 Å². The number of carbonyl (C=O) groups is 2. The van der Waals surface area contributed by atoms with Crippen LogP contribution in [0.15, 0.2) is 24.3 Å². The summed E-state index contributed by atoms with van der Waals surface area (Å²) >= 11 is 0. The van der Waals surface area contributed by atoms with E-state index in [2.05, 4.69) is 13.0 Å². The van der Waals surface area contributed by atoms with Crippen molar-refractivity contribution >= 4 is 11.8 Å². The molecule has 0 spiro atoms. The highest BCUT2D eigenvalue weighted by atomic mass is 16.4. The molecule has 0 radical (unpaired) electrons. The number of aliphatic hydroxyl groups is 1. The second kappa shape index (κ2) is 12.0. The zero-order valence-corrected chi connectivity index (χ0v) is 14.8. The minimum absolute atomic E-state index is 0.0765. The normalized spacial score (nSPS) is 24.4. The topological polar surface area (TPSA) is 74.6 Å². The van der Waals surface area contributed by atoms with Crippen LogP contribution < -0.4 is 0 Å². The summed E-state index contributed by atoms with van der Waals surface area (Å²) in [5.74, 6) is -0.852. The van der Waals surface area contributed by atoms with Crippen LogP contribution >= 0.6 is 0 Å². The van der Waals surface area contributed by atoms with E-state index in [0.717, 1.165) is 12.8 Å². The lowest BCUT2D eigenvalue weighted by Crippen LogP contribution is -2.17. The number of carboxylic acids is 1. The van der Waals surface area contributed by atoms with Crippen molar-refractivity contribution < 1.29 is 19.8 Å². The maximum absolute atomic E-state index is 12.1. The van der Waals surface area contributed by atoms with E-state index in [9.17, 15) is 14.7 Å². The number of aliphatic carboxylic acids is 1. The van der Waals surface area contributed by atoms with Crippen molar-refractivity contribution in [1.82, 2.24) is 0 Å². The summed E-state index contributed by atoms with van der Waals surface area (Å²) in [5.41, 5.74) is 0. The molecule has 4 nitrogen and oxygen atoms in total. The Morgan fingerprint density at radius 3 is 2.58 bits per heavy atom. The predicted molar refractivity (Wildman–Crippen MR) is 95.8 cm³/mol. The van der Waals surface area contributed by atoms with E-state index >= 15 is 0 Å². The summed E-state index contributed by atoms with van der Waals surface area (Å²) in [6, 6.07) is 0. The number of allylic oxidation sites excluding steroid dienone is 3. The summed E-state index contributed by atoms with van der Waals surface area (Å²) in [4.78, 5) is 22.5. The third-order valence-electron chi connectivity index (χ3n) is 4.63. The standard InChI is InChI=1S/C20H32O4/c1-2-3-4-5-6-9-12-16-17(19(22)15-18(16)21)13-10-7-8-11-14-20(23)24/h7,9-10,12,16-18,21H,2-6,8,11,13-15H2,1H3,(H,23,24)/b10-7-,12-9+/t16-,17?,18-/m1/s1. The second-order valence-electron chi connectivity index (χ2n) is 6.69. The van der Waals surface area contributed by atoms with Gasteiger partial charge in [-0.15, -0.1) is 0 Å². The Morgan fingerprint density at radius 1 is 1.12 bits per heavy atom. The summed E-state index contributed by atoms with van der Waals surface area (Å²) in [6.45, 7) is 2.19. The molecule has 1 aliphatic carbocycles. The number of carboxylic acid groups (broad SMARTS) is 1. The fraction of sp³-hybridized carbons (Fsp3) is 0.700. The van der Waals surface area contributed by atoms with Crippen LogP contribution in [0.1, 0.15) is 71.1 Å². The van der Waals surface area contributed by atoms with Gasteiger partial charge in [-0.25, -0.2) is 0 Å². The zero-order chi connectivity index (χ0) is 17.8. The number of Topliss-reactive ketones (excluding diaryl/α,β-unsaturated/α-hetero) is 1. The highest BCUT2D eigenvalue weighted by molar-refractivity contribution is 5.84. The van der Waals surface area contributed by atoms with Gasteiger partial charge in [0.2, 0.25) is 0 Å². The van der Waals surface area contributed by atoms with E-state index in [1.165, 1.54) is 19.3 Å². The lowest BCUT2D eigenvalue weighted by molar-refractivity contribution is -0.137. The molecule has 24 heavy (non-hydrogen) atoms. The van der Waals surface area contributed by atoms with E-state index in [1.54, 1.807) is 0 Å². The van der Waals surface area contributed by atoms with Gasteiger partial charge in [0.25, 0.3) is 0 Å². The summed E-state index contributed by atoms with van der Waals surface area (Å²) in [6.07, 6.45) is 15.8. The molecule has 0 bridgehead atoms. The Kier molecular flexibility index (Phi) is 10.3. The number of hydrogen-bond donors (Lipinski definition) is 2. The molecule has 136 valence electrons. The molecule has 1 rings (SSSR count). The number of aliphatic hydroxyl groups excluding tert-OH is 1. The molecule has 0 heterocycles. The molecule has 0 aromatic rings. The van der Waals surface area contributed by atoms with E-state index in [0.29, 0.717) is 19.3 Å². The van der Waals surface area contributed by atoms with Gasteiger partial charge in [-0.1, -0.05) is 50.5 Å². The predicted octanol–water partition coefficient (Wildman–Crippen LogP) is 4.28. The molecule has 4 heteroatoms. The van der Waals surface area contributed by atoms with E-state index < -0.39 is 12.1 Å². The zero-order valence-electron chi connectivity index (χ0n) is 14.8. The molecular formula is C20H32O4. The lowest BCUT2D eigenvalue weighted by atomic mass is 9.90. The summed E-state index contributed by atoms with van der Waals surface area (Å²) in [7, 11) is 0. The van der Waals surface area contributed by atoms with Gasteiger partial charge in [0.05, 0.1) is 6.10 Å². The molecule has 1 saturated carbocycles. The molecule has 0 saturated heterocycles. The Bertz CT molecular complexity index is 439. The van der Waals surface area contributed by atoms with Crippen molar-refractivity contribution in [2.75, 3.05) is 0 Å². The number of hydrogen-bond acceptors (Lipinski definition) is 3. The van der Waals surface area contributed by atoms with Crippen molar-refractivity contribution in [3.8, 4) is 0 Å². The minimum Gasteiger partial charge on any atom is -0.481 e. The van der Waals surface area contributed by atoms with Crippen LogP contribution in [0.4, 0.5) is 0 Å². The van der Waals surface area contributed by atoms with Crippen LogP contribution in [0.2, 0.25) is 0 Å². The first kappa shape index (κ1) is 20.6. The molecule has 0 aromatic heterocycles. The van der Waals surface area contributed by atoms with Gasteiger partial charge >= 0.3 is 5.97 Å². The van der Waals surface area contributed by atoms with Gasteiger partial charge in [0.15, 0.2) is 0 Å². The fourth-order valence-corrected chi connectivity index (χ4v) is 3.20. The SMILES string of the molecule is CCCCCC/C=C/[C@@H]1C(C/C=C\CCCC(=O)O)C(=O)C[C@H]1O. The Hall–Kier alpha value is -1.42. The average molecular weight is 336 g/mol. The largest absolute Gasteiger partial charge is 0.481 e. The number of carbonyl (C=O) groups excluding carboxylic acids is 1. The summed E-state index contributed by atoms with van der Waals surface area (Å²) < 4.78 is 0. The van der Waals surface area contributed by atoms with Gasteiger partial charge in [-0.05, 0) is 32.1 Å². The first-order valence-corrected chi connectivity index (χ1v) is 9.30. The van der Waals surface area contributed by atoms with Gasteiger partial charge in [0.1, 0.15) is 5.78 Å². The molecule has 1 aliphatic rings. The number of unbranched alkanes of at least 4 members (excludes halogenated alkanes) is 5. The van der Waals surface area contributed by atoms with Gasteiger partial charge in [-0.3, -0.25) is 9.59 Å².